The van der Waals surface area contributed by atoms with Crippen LogP contribution in [0.25, 0.3) is 32.2 Å². The Morgan fingerprint density at radius 3 is 2.07 bits per heavy atom. The minimum absolute atomic E-state index is 0.132. The van der Waals surface area contributed by atoms with Crippen molar-refractivity contribution >= 4 is 45.0 Å². The van der Waals surface area contributed by atoms with Crippen molar-refractivity contribution in [1.82, 2.24) is 9.47 Å². The topological polar surface area (TPSA) is 77.2 Å². The maximum atomic E-state index is 11.2. The first kappa shape index (κ1) is 20.3. The molecule has 8 heteroatoms. The molecular formula is C21H23Cl2N5O. The lowest BCUT2D eigenvalue weighted by atomic mass is 9.92. The first-order valence-electron chi connectivity index (χ1n) is 9.57. The van der Waals surface area contributed by atoms with Crippen LogP contribution >= 0.6 is 23.2 Å². The summed E-state index contributed by atoms with van der Waals surface area (Å²) in [7, 11) is 0. The number of hydrogen-bond acceptors (Lipinski definition) is 3. The van der Waals surface area contributed by atoms with Crippen LogP contribution in [0.5, 0.6) is 0 Å². The molecule has 0 amide bonds. The Morgan fingerprint density at radius 2 is 1.59 bits per heavy atom. The van der Waals surface area contributed by atoms with Crippen molar-refractivity contribution in [1.29, 1.82) is 0 Å². The highest BCUT2D eigenvalue weighted by Crippen LogP contribution is 2.38. The van der Waals surface area contributed by atoms with Gasteiger partial charge in [0.1, 0.15) is 0 Å². The van der Waals surface area contributed by atoms with E-state index >= 15 is 0 Å². The van der Waals surface area contributed by atoms with Crippen molar-refractivity contribution in [3.8, 4) is 0 Å². The summed E-state index contributed by atoms with van der Waals surface area (Å²) in [5, 5.41) is 18.3. The van der Waals surface area contributed by atoms with Crippen molar-refractivity contribution in [2.75, 3.05) is 13.1 Å². The van der Waals surface area contributed by atoms with E-state index in [1.54, 1.807) is 0 Å². The summed E-state index contributed by atoms with van der Waals surface area (Å²) < 4.78 is 2.14. The van der Waals surface area contributed by atoms with Gasteiger partial charge in [0.15, 0.2) is 0 Å². The highest BCUT2D eigenvalue weighted by molar-refractivity contribution is 6.33. The molecule has 152 valence electrons. The van der Waals surface area contributed by atoms with E-state index in [9.17, 15) is 5.11 Å². The molecule has 1 N–H and O–H groups in total. The van der Waals surface area contributed by atoms with Gasteiger partial charge in [0.2, 0.25) is 0 Å². The van der Waals surface area contributed by atoms with E-state index in [1.165, 1.54) is 0 Å². The predicted octanol–water partition coefficient (Wildman–Crippen LogP) is 5.80. The molecule has 0 radical (unpaired) electrons. The van der Waals surface area contributed by atoms with Crippen LogP contribution in [0.2, 0.25) is 10.0 Å². The third kappa shape index (κ3) is 3.56. The average molecular weight is 432 g/mol. The number of nitrogens with zero attached hydrogens (tertiary/aromatic N) is 5. The molecule has 0 saturated carbocycles. The lowest BCUT2D eigenvalue weighted by Crippen LogP contribution is -2.57. The number of aliphatic hydroxyl groups is 1. The Balaban J connectivity index is 1.97. The van der Waals surface area contributed by atoms with Crippen LogP contribution < -0.4 is 0 Å². The molecule has 4 rings (SSSR count). The van der Waals surface area contributed by atoms with Crippen molar-refractivity contribution in [2.45, 2.75) is 44.5 Å². The van der Waals surface area contributed by atoms with Gasteiger partial charge in [0.05, 0.1) is 18.2 Å². The number of likely N-dealkylation sites (tertiary alicyclic amines) is 1. The zero-order valence-electron chi connectivity index (χ0n) is 16.5. The molecule has 1 saturated heterocycles. The zero-order chi connectivity index (χ0) is 20.9. The van der Waals surface area contributed by atoms with E-state index in [-0.39, 0.29) is 11.6 Å². The van der Waals surface area contributed by atoms with Gasteiger partial charge in [-0.25, -0.2) is 0 Å². The SMILES string of the molecule is CC(C)(C)N1C[C@@H](N=[N+]=[N-])[C@H](O)[C@@H](n2c3ccc(Cl)cc3c3cc(Cl)ccc32)C1. The molecule has 0 aliphatic carbocycles. The molecule has 1 aliphatic heterocycles. The summed E-state index contributed by atoms with van der Waals surface area (Å²) in [5.41, 5.74) is 10.8. The second kappa shape index (κ2) is 7.38. The van der Waals surface area contributed by atoms with E-state index in [2.05, 4.69) is 40.3 Å². The van der Waals surface area contributed by atoms with Crippen molar-refractivity contribution in [3.63, 3.8) is 0 Å². The number of fused-ring (bicyclic) bond motifs is 3. The fourth-order valence-electron chi connectivity index (χ4n) is 4.31. The van der Waals surface area contributed by atoms with Gasteiger partial charge in [-0.15, -0.1) is 0 Å². The largest absolute Gasteiger partial charge is 0.390 e. The highest BCUT2D eigenvalue weighted by Gasteiger charge is 2.40. The van der Waals surface area contributed by atoms with E-state index < -0.39 is 12.1 Å². The van der Waals surface area contributed by atoms with Crippen LogP contribution in [0.15, 0.2) is 41.5 Å². The molecule has 0 unspecified atom stereocenters. The maximum Gasteiger partial charge on any atom is 0.0857 e. The fraction of sp³-hybridized carbons (Fsp3) is 0.429. The van der Waals surface area contributed by atoms with Gasteiger partial charge in [-0.2, -0.15) is 0 Å². The summed E-state index contributed by atoms with van der Waals surface area (Å²) in [5.74, 6) is 0. The monoisotopic (exact) mass is 431 g/mol. The number of aromatic nitrogens is 1. The summed E-state index contributed by atoms with van der Waals surface area (Å²) in [6.07, 6.45) is -0.811. The molecule has 0 spiro atoms. The summed E-state index contributed by atoms with van der Waals surface area (Å²) >= 11 is 12.5. The highest BCUT2D eigenvalue weighted by atomic mass is 35.5. The molecule has 29 heavy (non-hydrogen) atoms. The number of aliphatic hydroxyl groups excluding tert-OH is 1. The summed E-state index contributed by atoms with van der Waals surface area (Å²) in [6.45, 7) is 7.52. The first-order chi connectivity index (χ1) is 13.7. The van der Waals surface area contributed by atoms with Gasteiger partial charge in [-0.3, -0.25) is 4.90 Å². The zero-order valence-corrected chi connectivity index (χ0v) is 18.1. The number of rotatable bonds is 2. The van der Waals surface area contributed by atoms with Gasteiger partial charge in [-0.1, -0.05) is 28.3 Å². The lowest BCUT2D eigenvalue weighted by molar-refractivity contribution is -0.0143. The molecule has 2 aromatic carbocycles. The van der Waals surface area contributed by atoms with Gasteiger partial charge in [-0.05, 0) is 62.7 Å². The number of azide groups is 1. The third-order valence-electron chi connectivity index (χ3n) is 5.81. The first-order valence-corrected chi connectivity index (χ1v) is 10.3. The maximum absolute atomic E-state index is 11.2. The van der Waals surface area contributed by atoms with Crippen LogP contribution in [0, 0.1) is 0 Å². The fourth-order valence-corrected chi connectivity index (χ4v) is 4.65. The normalized spacial score (nSPS) is 23.4. The third-order valence-corrected chi connectivity index (χ3v) is 6.28. The Morgan fingerprint density at radius 1 is 1.03 bits per heavy atom. The molecule has 3 atom stereocenters. The molecule has 6 nitrogen and oxygen atoms in total. The van der Waals surface area contributed by atoms with Gasteiger partial charge >= 0.3 is 0 Å². The van der Waals surface area contributed by atoms with Crippen molar-refractivity contribution < 1.29 is 5.11 Å². The van der Waals surface area contributed by atoms with Gasteiger partial charge in [0, 0.05) is 55.4 Å². The second-order valence-electron chi connectivity index (χ2n) is 8.60. The number of benzene rings is 2. The number of halogens is 2. The molecule has 1 fully saturated rings. The van der Waals surface area contributed by atoms with Gasteiger partial charge < -0.3 is 9.67 Å². The van der Waals surface area contributed by atoms with Gasteiger partial charge in [0.25, 0.3) is 0 Å². The average Bonchev–Trinajstić information content (AvgIpc) is 2.95. The minimum Gasteiger partial charge on any atom is -0.390 e. The Bertz CT molecular complexity index is 1070. The molecular weight excluding hydrogens is 409 g/mol. The Hall–Kier alpha value is -1.95. The van der Waals surface area contributed by atoms with Crippen molar-refractivity contribution in [3.05, 3.63) is 56.9 Å². The molecule has 1 aromatic heterocycles. The molecule has 3 aromatic rings. The summed E-state index contributed by atoms with van der Waals surface area (Å²) in [6, 6.07) is 10.7. The van der Waals surface area contributed by atoms with E-state index in [0.29, 0.717) is 23.1 Å². The Labute approximate surface area is 179 Å². The quantitative estimate of drug-likeness (QED) is 0.316. The van der Waals surface area contributed by atoms with Crippen molar-refractivity contribution in [2.24, 2.45) is 5.11 Å². The van der Waals surface area contributed by atoms with Crippen LogP contribution in [0.1, 0.15) is 26.8 Å². The van der Waals surface area contributed by atoms with Crippen LogP contribution in [0.3, 0.4) is 0 Å². The number of piperidine rings is 1. The standard InChI is InChI=1S/C21H23Cl2N5O/c1-21(2,3)27-10-16(25-26-24)20(29)19(11-27)28-17-6-4-12(22)8-14(17)15-9-13(23)5-7-18(15)28/h4-9,16,19-20,29H,10-11H2,1-3H3/t16-,19+,20+/m1/s1. The van der Waals surface area contributed by atoms with Crippen LogP contribution in [-0.2, 0) is 0 Å². The van der Waals surface area contributed by atoms with E-state index in [1.807, 2.05) is 36.4 Å². The second-order valence-corrected chi connectivity index (χ2v) is 9.47. The Kier molecular flexibility index (Phi) is 5.18. The van der Waals surface area contributed by atoms with E-state index in [0.717, 1.165) is 21.8 Å². The van der Waals surface area contributed by atoms with E-state index in [4.69, 9.17) is 28.7 Å². The summed E-state index contributed by atoms with van der Waals surface area (Å²) in [4.78, 5) is 5.24. The smallest absolute Gasteiger partial charge is 0.0857 e. The molecule has 0 bridgehead atoms. The van der Waals surface area contributed by atoms with Crippen LogP contribution in [-0.4, -0.2) is 45.3 Å². The minimum atomic E-state index is -0.811. The molecule has 1 aliphatic rings. The lowest BCUT2D eigenvalue weighted by Gasteiger charge is -2.46. The van der Waals surface area contributed by atoms with Crippen LogP contribution in [0.4, 0.5) is 0 Å². The molecule has 2 heterocycles. The predicted molar refractivity (Wildman–Crippen MR) is 119 cm³/mol. The number of hydrogen-bond donors (Lipinski definition) is 1.